The molecule has 0 bridgehead atoms. The van der Waals surface area contributed by atoms with Crippen LogP contribution in [0.25, 0.3) is 0 Å². The van der Waals surface area contributed by atoms with E-state index in [4.69, 9.17) is 14.2 Å². The molecule has 1 saturated heterocycles. The normalized spacial score (nSPS) is 22.0. The second-order valence-electron chi connectivity index (χ2n) is 7.09. The molecular formula is C16H24F3NO5. The third-order valence-corrected chi connectivity index (χ3v) is 3.01. The van der Waals surface area contributed by atoms with Crippen LogP contribution in [0.3, 0.4) is 0 Å². The van der Waals surface area contributed by atoms with Crippen LogP contribution in [0.5, 0.6) is 0 Å². The number of carbonyl (C=O) groups is 2. The van der Waals surface area contributed by atoms with Crippen molar-refractivity contribution in [2.45, 2.75) is 70.7 Å². The third-order valence-electron chi connectivity index (χ3n) is 3.01. The highest BCUT2D eigenvalue weighted by Gasteiger charge is 2.41. The Morgan fingerprint density at radius 1 is 1.32 bits per heavy atom. The van der Waals surface area contributed by atoms with Crippen molar-refractivity contribution in [1.82, 2.24) is 5.32 Å². The topological polar surface area (TPSA) is 73.9 Å². The summed E-state index contributed by atoms with van der Waals surface area (Å²) in [7, 11) is 0. The van der Waals surface area contributed by atoms with Crippen molar-refractivity contribution in [3.63, 3.8) is 0 Å². The van der Waals surface area contributed by atoms with E-state index in [0.29, 0.717) is 0 Å². The summed E-state index contributed by atoms with van der Waals surface area (Å²) >= 11 is 0. The van der Waals surface area contributed by atoms with E-state index in [1.807, 2.05) is 0 Å². The van der Waals surface area contributed by atoms with E-state index in [1.54, 1.807) is 46.0 Å². The van der Waals surface area contributed by atoms with Crippen molar-refractivity contribution in [1.29, 1.82) is 0 Å². The number of esters is 1. The first-order chi connectivity index (χ1) is 11.2. The molecule has 1 amide bonds. The van der Waals surface area contributed by atoms with E-state index >= 15 is 0 Å². The lowest BCUT2D eigenvalue weighted by Gasteiger charge is -2.24. The van der Waals surface area contributed by atoms with Gasteiger partial charge in [-0.3, -0.25) is 4.79 Å². The molecule has 0 aliphatic carbocycles. The lowest BCUT2D eigenvalue weighted by atomic mass is 10.1. The Hall–Kier alpha value is -1.61. The summed E-state index contributed by atoms with van der Waals surface area (Å²) in [5, 5.41) is 1.66. The van der Waals surface area contributed by atoms with Crippen LogP contribution in [0, 0.1) is 0 Å². The molecule has 0 aromatic heterocycles. The number of carbonyl (C=O) groups excluding carboxylic acids is 2. The summed E-state index contributed by atoms with van der Waals surface area (Å²) in [5.74, 6) is -3.89. The van der Waals surface area contributed by atoms with Crippen LogP contribution in [0.4, 0.5) is 13.2 Å². The number of hydrogen-bond acceptors (Lipinski definition) is 5. The number of rotatable bonds is 5. The Labute approximate surface area is 144 Å². The van der Waals surface area contributed by atoms with E-state index in [0.717, 1.165) is 0 Å². The van der Waals surface area contributed by atoms with Crippen molar-refractivity contribution >= 4 is 11.9 Å². The predicted octanol–water partition coefficient (Wildman–Crippen LogP) is 2.47. The fourth-order valence-electron chi connectivity index (χ4n) is 2.00. The summed E-state index contributed by atoms with van der Waals surface area (Å²) < 4.78 is 53.3. The van der Waals surface area contributed by atoms with Gasteiger partial charge in [-0.25, -0.2) is 4.79 Å². The van der Waals surface area contributed by atoms with Crippen LogP contribution >= 0.6 is 0 Å². The molecule has 9 heteroatoms. The molecule has 0 aromatic rings. The molecule has 144 valence electrons. The van der Waals surface area contributed by atoms with Gasteiger partial charge >= 0.3 is 18.1 Å². The molecule has 0 unspecified atom stereocenters. The molecule has 0 radical (unpaired) electrons. The number of amides is 1. The van der Waals surface area contributed by atoms with E-state index in [2.05, 4.69) is 0 Å². The number of hydrogen-bond donors (Lipinski definition) is 1. The standard InChI is InChI=1S/C16H24F3NO5/c1-14(2,3)25-12(21)11(20-13(22)16(17,18)19)8-6-7-10-9-23-15(4,5)24-10/h6-7,10-11H,8-9H2,1-5H3,(H,20,22)/b7-6-/t10-,11+/m0/s1. The summed E-state index contributed by atoms with van der Waals surface area (Å²) in [6.07, 6.45) is -2.60. The molecule has 1 heterocycles. The Morgan fingerprint density at radius 2 is 1.92 bits per heavy atom. The lowest BCUT2D eigenvalue weighted by molar-refractivity contribution is -0.177. The number of ether oxygens (including phenoxy) is 3. The highest BCUT2D eigenvalue weighted by Crippen LogP contribution is 2.23. The second-order valence-corrected chi connectivity index (χ2v) is 7.09. The van der Waals surface area contributed by atoms with Gasteiger partial charge in [0.05, 0.1) is 6.61 Å². The average Bonchev–Trinajstić information content (AvgIpc) is 2.73. The summed E-state index contributed by atoms with van der Waals surface area (Å²) in [5.41, 5.74) is -0.894. The van der Waals surface area contributed by atoms with Crippen molar-refractivity contribution in [2.75, 3.05) is 6.61 Å². The van der Waals surface area contributed by atoms with Gasteiger partial charge < -0.3 is 19.5 Å². The molecule has 6 nitrogen and oxygen atoms in total. The molecule has 0 saturated carbocycles. The molecule has 25 heavy (non-hydrogen) atoms. The van der Waals surface area contributed by atoms with Crippen molar-refractivity contribution < 1.29 is 37.0 Å². The van der Waals surface area contributed by atoms with Gasteiger partial charge in [0.2, 0.25) is 0 Å². The molecule has 1 aliphatic rings. The average molecular weight is 367 g/mol. The quantitative estimate of drug-likeness (QED) is 0.597. The number of nitrogens with one attached hydrogen (secondary N) is 1. The maximum atomic E-state index is 12.4. The van der Waals surface area contributed by atoms with Crippen LogP contribution in [0.1, 0.15) is 41.0 Å². The molecular weight excluding hydrogens is 343 g/mol. The minimum Gasteiger partial charge on any atom is -0.458 e. The predicted molar refractivity (Wildman–Crippen MR) is 82.5 cm³/mol. The number of halogens is 3. The van der Waals surface area contributed by atoms with Gasteiger partial charge in [0.15, 0.2) is 5.79 Å². The molecule has 0 spiro atoms. The zero-order valence-corrected chi connectivity index (χ0v) is 14.9. The van der Waals surface area contributed by atoms with Crippen LogP contribution < -0.4 is 5.32 Å². The fourth-order valence-corrected chi connectivity index (χ4v) is 2.00. The van der Waals surface area contributed by atoms with E-state index < -0.39 is 35.5 Å². The molecule has 2 atom stereocenters. The van der Waals surface area contributed by atoms with Gasteiger partial charge in [-0.2, -0.15) is 13.2 Å². The van der Waals surface area contributed by atoms with Crippen molar-refractivity contribution in [3.8, 4) is 0 Å². The Morgan fingerprint density at radius 3 is 2.36 bits per heavy atom. The van der Waals surface area contributed by atoms with E-state index in [9.17, 15) is 22.8 Å². The first kappa shape index (κ1) is 21.4. The van der Waals surface area contributed by atoms with E-state index in [1.165, 1.54) is 6.08 Å². The number of alkyl halides is 3. The van der Waals surface area contributed by atoms with E-state index in [-0.39, 0.29) is 19.1 Å². The monoisotopic (exact) mass is 367 g/mol. The van der Waals surface area contributed by atoms with Crippen LogP contribution in [0.2, 0.25) is 0 Å². The molecule has 1 rings (SSSR count). The highest BCUT2D eigenvalue weighted by atomic mass is 19.4. The van der Waals surface area contributed by atoms with Crippen molar-refractivity contribution in [2.24, 2.45) is 0 Å². The lowest BCUT2D eigenvalue weighted by Crippen LogP contribution is -2.48. The smallest absolute Gasteiger partial charge is 0.458 e. The molecule has 1 aliphatic heterocycles. The molecule has 1 N–H and O–H groups in total. The van der Waals surface area contributed by atoms with Crippen molar-refractivity contribution in [3.05, 3.63) is 12.2 Å². The summed E-state index contributed by atoms with van der Waals surface area (Å²) in [6.45, 7) is 8.48. The SMILES string of the molecule is CC(C)(C)OC(=O)[C@@H](C/C=C\[C@H]1COC(C)(C)O1)NC(=O)C(F)(F)F. The fraction of sp³-hybridized carbons (Fsp3) is 0.750. The van der Waals surface area contributed by atoms with Gasteiger partial charge in [-0.05, 0) is 41.0 Å². The Bertz CT molecular complexity index is 523. The van der Waals surface area contributed by atoms with Gasteiger partial charge in [-0.15, -0.1) is 0 Å². The van der Waals surface area contributed by atoms with Crippen LogP contribution in [-0.4, -0.2) is 48.2 Å². The second kappa shape index (κ2) is 7.74. The maximum absolute atomic E-state index is 12.4. The van der Waals surface area contributed by atoms with Crippen LogP contribution in [0.15, 0.2) is 12.2 Å². The van der Waals surface area contributed by atoms with Gasteiger partial charge in [0, 0.05) is 0 Å². The Balaban J connectivity index is 2.74. The van der Waals surface area contributed by atoms with Gasteiger partial charge in [-0.1, -0.05) is 12.2 Å². The summed E-state index contributed by atoms with van der Waals surface area (Å²) in [4.78, 5) is 23.2. The third kappa shape index (κ3) is 7.87. The minimum absolute atomic E-state index is 0.170. The molecule has 0 aromatic carbocycles. The Kier molecular flexibility index (Phi) is 6.63. The van der Waals surface area contributed by atoms with Crippen LogP contribution in [-0.2, 0) is 23.8 Å². The zero-order chi connectivity index (χ0) is 19.5. The summed E-state index contributed by atoms with van der Waals surface area (Å²) in [6, 6.07) is -1.46. The first-order valence-corrected chi connectivity index (χ1v) is 7.78. The molecule has 1 fully saturated rings. The minimum atomic E-state index is -5.09. The first-order valence-electron chi connectivity index (χ1n) is 7.78. The largest absolute Gasteiger partial charge is 0.471 e. The van der Waals surface area contributed by atoms with Gasteiger partial charge in [0.1, 0.15) is 17.7 Å². The van der Waals surface area contributed by atoms with Gasteiger partial charge in [0.25, 0.3) is 0 Å². The zero-order valence-electron chi connectivity index (χ0n) is 14.9. The maximum Gasteiger partial charge on any atom is 0.471 e. The highest BCUT2D eigenvalue weighted by molar-refractivity contribution is 5.87.